The van der Waals surface area contributed by atoms with Crippen LogP contribution in [0.5, 0.6) is 0 Å². The molecule has 1 heterocycles. The van der Waals surface area contributed by atoms with Crippen LogP contribution in [-0.4, -0.2) is 31.2 Å². The minimum Gasteiger partial charge on any atom is -0.396 e. The van der Waals surface area contributed by atoms with E-state index in [2.05, 4.69) is 0 Å². The van der Waals surface area contributed by atoms with Crippen LogP contribution < -0.4 is 0 Å². The van der Waals surface area contributed by atoms with Crippen LogP contribution in [0.4, 0.5) is 0 Å². The highest BCUT2D eigenvalue weighted by Crippen LogP contribution is 2.42. The van der Waals surface area contributed by atoms with Gasteiger partial charge in [0.2, 0.25) is 0 Å². The van der Waals surface area contributed by atoms with Crippen molar-refractivity contribution < 1.29 is 14.6 Å². The molecule has 0 bridgehead atoms. The summed E-state index contributed by atoms with van der Waals surface area (Å²) in [5, 5.41) is 9.24. The first kappa shape index (κ1) is 14.8. The van der Waals surface area contributed by atoms with Crippen LogP contribution in [-0.2, 0) is 9.47 Å². The number of aliphatic hydroxyl groups excluding tert-OH is 1. The Kier molecular flexibility index (Phi) is 5.36. The molecule has 2 saturated carbocycles. The van der Waals surface area contributed by atoms with Crippen molar-refractivity contribution in [3.63, 3.8) is 0 Å². The third-order valence-electron chi connectivity index (χ3n) is 5.87. The lowest BCUT2D eigenvalue weighted by Crippen LogP contribution is -2.36. The molecule has 1 saturated heterocycles. The minimum absolute atomic E-state index is 0.0924. The minimum atomic E-state index is 0.0924. The van der Waals surface area contributed by atoms with Crippen molar-refractivity contribution in [1.82, 2.24) is 0 Å². The van der Waals surface area contributed by atoms with Crippen LogP contribution in [0, 0.1) is 23.7 Å². The fourth-order valence-corrected chi connectivity index (χ4v) is 4.51. The van der Waals surface area contributed by atoms with E-state index in [0.29, 0.717) is 18.4 Å². The van der Waals surface area contributed by atoms with Crippen LogP contribution in [0.25, 0.3) is 0 Å². The first-order chi connectivity index (χ1) is 9.86. The molecule has 116 valence electrons. The predicted molar refractivity (Wildman–Crippen MR) is 78.3 cm³/mol. The molecule has 3 heteroatoms. The maximum Gasteiger partial charge on any atom is 0.160 e. The number of aliphatic hydroxyl groups is 1. The summed E-state index contributed by atoms with van der Waals surface area (Å²) in [7, 11) is 0. The molecule has 0 unspecified atom stereocenters. The highest BCUT2D eigenvalue weighted by atomic mass is 16.7. The van der Waals surface area contributed by atoms with Crippen molar-refractivity contribution in [3.05, 3.63) is 0 Å². The summed E-state index contributed by atoms with van der Waals surface area (Å²) in [5.41, 5.74) is 0. The molecule has 1 N–H and O–H groups in total. The lowest BCUT2D eigenvalue weighted by Gasteiger charge is -2.40. The van der Waals surface area contributed by atoms with Gasteiger partial charge in [-0.15, -0.1) is 0 Å². The van der Waals surface area contributed by atoms with Gasteiger partial charge in [-0.3, -0.25) is 0 Å². The SMILES string of the molecule is OCC1CCC(C2CCC(C3OCCCO3)CC2)CC1. The number of rotatable bonds is 3. The Morgan fingerprint density at radius 3 is 1.75 bits per heavy atom. The van der Waals surface area contributed by atoms with Crippen LogP contribution in [0.15, 0.2) is 0 Å². The molecular weight excluding hydrogens is 252 g/mol. The van der Waals surface area contributed by atoms with Crippen molar-refractivity contribution >= 4 is 0 Å². The van der Waals surface area contributed by atoms with Gasteiger partial charge < -0.3 is 14.6 Å². The lowest BCUT2D eigenvalue weighted by molar-refractivity contribution is -0.211. The van der Waals surface area contributed by atoms with Crippen LogP contribution >= 0.6 is 0 Å². The van der Waals surface area contributed by atoms with E-state index < -0.39 is 0 Å². The summed E-state index contributed by atoms with van der Waals surface area (Å²) >= 11 is 0. The fourth-order valence-electron chi connectivity index (χ4n) is 4.51. The molecule has 3 fully saturated rings. The Labute approximate surface area is 123 Å². The summed E-state index contributed by atoms with van der Waals surface area (Å²) in [6.07, 6.45) is 11.6. The van der Waals surface area contributed by atoms with Gasteiger partial charge in [0, 0.05) is 12.5 Å². The van der Waals surface area contributed by atoms with E-state index >= 15 is 0 Å². The average Bonchev–Trinajstić information content (AvgIpc) is 2.56. The second-order valence-electron chi connectivity index (χ2n) is 7.10. The zero-order valence-electron chi connectivity index (χ0n) is 12.6. The van der Waals surface area contributed by atoms with E-state index in [-0.39, 0.29) is 6.29 Å². The fraction of sp³-hybridized carbons (Fsp3) is 1.00. The molecule has 0 spiro atoms. The Hall–Kier alpha value is -0.120. The highest BCUT2D eigenvalue weighted by Gasteiger charge is 2.34. The number of hydrogen-bond acceptors (Lipinski definition) is 3. The van der Waals surface area contributed by atoms with Gasteiger partial charge in [-0.1, -0.05) is 0 Å². The van der Waals surface area contributed by atoms with E-state index in [0.717, 1.165) is 31.5 Å². The van der Waals surface area contributed by atoms with Crippen molar-refractivity contribution in [2.45, 2.75) is 64.1 Å². The van der Waals surface area contributed by atoms with E-state index in [9.17, 15) is 5.11 Å². The third-order valence-corrected chi connectivity index (χ3v) is 5.87. The first-order valence-electron chi connectivity index (χ1n) is 8.71. The molecule has 20 heavy (non-hydrogen) atoms. The summed E-state index contributed by atoms with van der Waals surface area (Å²) in [4.78, 5) is 0. The molecule has 0 aromatic rings. The Morgan fingerprint density at radius 2 is 1.20 bits per heavy atom. The zero-order valence-corrected chi connectivity index (χ0v) is 12.6. The van der Waals surface area contributed by atoms with Crippen LogP contribution in [0.2, 0.25) is 0 Å². The van der Waals surface area contributed by atoms with Crippen LogP contribution in [0.1, 0.15) is 57.8 Å². The molecule has 0 radical (unpaired) electrons. The molecule has 3 rings (SSSR count). The smallest absolute Gasteiger partial charge is 0.160 e. The summed E-state index contributed by atoms with van der Waals surface area (Å²) in [5.74, 6) is 3.08. The van der Waals surface area contributed by atoms with Gasteiger partial charge in [-0.2, -0.15) is 0 Å². The molecule has 0 aromatic carbocycles. The normalized spacial score (nSPS) is 40.6. The maximum atomic E-state index is 9.24. The van der Waals surface area contributed by atoms with Crippen molar-refractivity contribution in [1.29, 1.82) is 0 Å². The van der Waals surface area contributed by atoms with Crippen LogP contribution in [0.3, 0.4) is 0 Å². The van der Waals surface area contributed by atoms with Gasteiger partial charge in [-0.25, -0.2) is 0 Å². The van der Waals surface area contributed by atoms with Gasteiger partial charge in [0.25, 0.3) is 0 Å². The first-order valence-corrected chi connectivity index (χ1v) is 8.71. The summed E-state index contributed by atoms with van der Waals surface area (Å²) in [6.45, 7) is 2.17. The Balaban J connectivity index is 1.42. The second-order valence-corrected chi connectivity index (χ2v) is 7.10. The summed E-state index contributed by atoms with van der Waals surface area (Å²) < 4.78 is 11.6. The number of hydrogen-bond donors (Lipinski definition) is 1. The van der Waals surface area contributed by atoms with Gasteiger partial charge in [0.1, 0.15) is 0 Å². The molecule has 2 aliphatic carbocycles. The maximum absolute atomic E-state index is 9.24. The van der Waals surface area contributed by atoms with E-state index in [1.165, 1.54) is 51.4 Å². The van der Waals surface area contributed by atoms with Gasteiger partial charge >= 0.3 is 0 Å². The van der Waals surface area contributed by atoms with E-state index in [1.54, 1.807) is 0 Å². The monoisotopic (exact) mass is 282 g/mol. The van der Waals surface area contributed by atoms with E-state index in [1.807, 2.05) is 0 Å². The second kappa shape index (κ2) is 7.24. The molecule has 3 nitrogen and oxygen atoms in total. The molecule has 1 aliphatic heterocycles. The zero-order chi connectivity index (χ0) is 13.8. The quantitative estimate of drug-likeness (QED) is 0.862. The van der Waals surface area contributed by atoms with Gasteiger partial charge in [0.05, 0.1) is 13.2 Å². The Bertz CT molecular complexity index is 272. The predicted octanol–water partition coefficient (Wildman–Crippen LogP) is 3.35. The molecule has 0 aromatic heterocycles. The van der Waals surface area contributed by atoms with Crippen molar-refractivity contribution in [2.75, 3.05) is 19.8 Å². The largest absolute Gasteiger partial charge is 0.396 e. The molecule has 0 amide bonds. The highest BCUT2D eigenvalue weighted by molar-refractivity contribution is 4.83. The van der Waals surface area contributed by atoms with Crippen molar-refractivity contribution in [3.8, 4) is 0 Å². The van der Waals surface area contributed by atoms with Gasteiger partial charge in [0.15, 0.2) is 6.29 Å². The Morgan fingerprint density at radius 1 is 0.700 bits per heavy atom. The molecular formula is C17H30O3. The third kappa shape index (κ3) is 3.55. The average molecular weight is 282 g/mol. The number of ether oxygens (including phenoxy) is 2. The van der Waals surface area contributed by atoms with E-state index in [4.69, 9.17) is 9.47 Å². The lowest BCUT2D eigenvalue weighted by atomic mass is 9.69. The molecule has 3 aliphatic rings. The summed E-state index contributed by atoms with van der Waals surface area (Å²) in [6, 6.07) is 0. The standard InChI is InChI=1S/C17H30O3/c18-12-13-2-4-14(5-3-13)15-6-8-16(9-7-15)17-19-10-1-11-20-17/h13-18H,1-12H2. The van der Waals surface area contributed by atoms with Crippen molar-refractivity contribution in [2.24, 2.45) is 23.7 Å². The topological polar surface area (TPSA) is 38.7 Å². The van der Waals surface area contributed by atoms with Gasteiger partial charge in [-0.05, 0) is 75.5 Å². The molecule has 0 atom stereocenters.